The van der Waals surface area contributed by atoms with Gasteiger partial charge in [-0.15, -0.1) is 0 Å². The van der Waals surface area contributed by atoms with Gasteiger partial charge in [0, 0.05) is 35.2 Å². The lowest BCUT2D eigenvalue weighted by Gasteiger charge is -2.30. The van der Waals surface area contributed by atoms with E-state index in [0.29, 0.717) is 36.1 Å². The van der Waals surface area contributed by atoms with Crippen LogP contribution < -0.4 is 15.4 Å². The minimum atomic E-state index is -0.733. The summed E-state index contributed by atoms with van der Waals surface area (Å²) in [5.41, 5.74) is 6.10. The van der Waals surface area contributed by atoms with Gasteiger partial charge in [-0.2, -0.15) is 5.26 Å². The fraction of sp³-hybridized carbons (Fsp3) is 0.432. The quantitative estimate of drug-likeness (QED) is 0.122. The molecule has 61 heavy (non-hydrogen) atoms. The highest BCUT2D eigenvalue weighted by atomic mass is 16.5. The largest absolute Gasteiger partial charge is 0.472 e. The number of carbonyl (C=O) groups excluding carboxylic acids is 4. The zero-order valence-corrected chi connectivity index (χ0v) is 35.1. The molecule has 4 N–H and O–H groups in total. The summed E-state index contributed by atoms with van der Waals surface area (Å²) in [5, 5.41) is 16.8. The molecule has 3 aliphatic rings. The van der Waals surface area contributed by atoms with E-state index in [1.54, 1.807) is 22.2 Å². The third-order valence-corrected chi connectivity index (χ3v) is 12.1. The molecule has 3 aliphatic heterocycles. The van der Waals surface area contributed by atoms with Crippen LogP contribution in [0.15, 0.2) is 48.8 Å². The van der Waals surface area contributed by atoms with Crippen molar-refractivity contribution in [3.63, 3.8) is 0 Å². The molecule has 2 saturated heterocycles. The summed E-state index contributed by atoms with van der Waals surface area (Å²) in [6.45, 7) is 8.84. The van der Waals surface area contributed by atoms with Gasteiger partial charge >= 0.3 is 12.2 Å². The molecule has 318 valence electrons. The van der Waals surface area contributed by atoms with Gasteiger partial charge < -0.3 is 49.2 Å². The highest BCUT2D eigenvalue weighted by Gasteiger charge is 2.39. The van der Waals surface area contributed by atoms with Gasteiger partial charge in [0.15, 0.2) is 6.73 Å². The van der Waals surface area contributed by atoms with Gasteiger partial charge in [0.05, 0.1) is 66.9 Å². The second-order valence-corrected chi connectivity index (χ2v) is 16.4. The summed E-state index contributed by atoms with van der Waals surface area (Å²) in [4.78, 5) is 71.2. The standard InChI is InChI=1S/C44H50N10O7/c1-23(2)36(50-43(57)59-5)41(55)52-15-7-9-33(52)39-46-20-30(48-39)25-12-14-32-28(17-25)29(19-45)38-27-13-11-26(18-35(27)61-22-54(32)38)31-21-47-40(49-31)34-10-8-16-53(34)42(56)37(24(3)4)51-44(58)60-6/h11-14,17-18,20-21,23-24,33-34,36-37H,7-10,15-16,22H2,1-6H3,(H,46,48)(H,47,49)(H,50,57)(H,51,58)/t33-,34-,36-,37-/m0/s1. The molecule has 2 fully saturated rings. The van der Waals surface area contributed by atoms with Crippen LogP contribution in [0, 0.1) is 23.2 Å². The Hall–Kier alpha value is -6.83. The third kappa shape index (κ3) is 7.51. The smallest absolute Gasteiger partial charge is 0.407 e. The summed E-state index contributed by atoms with van der Waals surface area (Å²) < 4.78 is 17.9. The summed E-state index contributed by atoms with van der Waals surface area (Å²) in [6, 6.07) is 12.2. The van der Waals surface area contributed by atoms with E-state index >= 15 is 0 Å². The van der Waals surface area contributed by atoms with Crippen molar-refractivity contribution in [3.05, 3.63) is 66.0 Å². The predicted molar refractivity (Wildman–Crippen MR) is 224 cm³/mol. The number of alkyl carbamates (subject to hydrolysis) is 2. The van der Waals surface area contributed by atoms with E-state index in [1.807, 2.05) is 68.7 Å². The highest BCUT2D eigenvalue weighted by molar-refractivity contribution is 5.98. The monoisotopic (exact) mass is 830 g/mol. The van der Waals surface area contributed by atoms with Gasteiger partial charge in [-0.05, 0) is 61.8 Å². The zero-order chi connectivity index (χ0) is 43.1. The number of aromatic nitrogens is 5. The Bertz CT molecular complexity index is 2550. The number of imidazole rings is 2. The maximum absolute atomic E-state index is 13.7. The molecule has 5 aromatic rings. The van der Waals surface area contributed by atoms with Crippen LogP contribution in [-0.2, 0) is 25.8 Å². The van der Waals surface area contributed by atoms with Crippen LogP contribution in [0.3, 0.4) is 0 Å². The molecule has 0 aliphatic carbocycles. The number of H-pyrrole nitrogens is 2. The topological polar surface area (TPSA) is 213 Å². The maximum atomic E-state index is 13.7. The zero-order valence-electron chi connectivity index (χ0n) is 35.1. The number of aromatic amines is 2. The lowest BCUT2D eigenvalue weighted by Crippen LogP contribution is -2.51. The number of amides is 4. The first-order valence-electron chi connectivity index (χ1n) is 20.7. The molecule has 0 bridgehead atoms. The van der Waals surface area contributed by atoms with Gasteiger partial charge in [-0.25, -0.2) is 19.6 Å². The molecule has 17 nitrogen and oxygen atoms in total. The molecule has 0 unspecified atom stereocenters. The van der Waals surface area contributed by atoms with Crippen molar-refractivity contribution in [3.8, 4) is 45.6 Å². The molecule has 0 spiro atoms. The number of hydrogen-bond acceptors (Lipinski definition) is 10. The van der Waals surface area contributed by atoms with Crippen molar-refractivity contribution in [2.45, 2.75) is 84.3 Å². The summed E-state index contributed by atoms with van der Waals surface area (Å²) in [7, 11) is 2.55. The minimum Gasteiger partial charge on any atom is -0.472 e. The van der Waals surface area contributed by atoms with E-state index in [1.165, 1.54) is 14.2 Å². The molecule has 0 saturated carbocycles. The minimum absolute atomic E-state index is 0.140. The van der Waals surface area contributed by atoms with Crippen molar-refractivity contribution in [2.75, 3.05) is 27.3 Å². The number of fused-ring (bicyclic) bond motifs is 5. The molecule has 0 radical (unpaired) electrons. The van der Waals surface area contributed by atoms with Crippen LogP contribution in [0.25, 0.3) is 44.7 Å². The lowest BCUT2D eigenvalue weighted by atomic mass is 10.0. The van der Waals surface area contributed by atoms with Gasteiger partial charge in [0.25, 0.3) is 0 Å². The Balaban J connectivity index is 1.03. The van der Waals surface area contributed by atoms with Crippen LogP contribution in [0.1, 0.15) is 82.7 Å². The van der Waals surface area contributed by atoms with Crippen LogP contribution in [0.5, 0.6) is 5.75 Å². The van der Waals surface area contributed by atoms with E-state index in [4.69, 9.17) is 24.2 Å². The molecule has 3 aromatic heterocycles. The Morgan fingerprint density at radius 3 is 1.84 bits per heavy atom. The first-order chi connectivity index (χ1) is 29.4. The fourth-order valence-electron chi connectivity index (χ4n) is 8.88. The Morgan fingerprint density at radius 2 is 1.33 bits per heavy atom. The average Bonchev–Trinajstić information content (AvgIpc) is 4.12. The van der Waals surface area contributed by atoms with Gasteiger partial charge in [0.2, 0.25) is 11.8 Å². The molecular weight excluding hydrogens is 781 g/mol. The highest BCUT2D eigenvalue weighted by Crippen LogP contribution is 2.44. The average molecular weight is 831 g/mol. The number of hydrogen-bond donors (Lipinski definition) is 4. The molecular formula is C44H50N10O7. The first kappa shape index (κ1) is 40.9. The van der Waals surface area contributed by atoms with Crippen LogP contribution in [0.4, 0.5) is 9.59 Å². The molecule has 2 aromatic carbocycles. The number of carbonyl (C=O) groups is 4. The fourth-order valence-corrected chi connectivity index (χ4v) is 8.88. The van der Waals surface area contributed by atoms with Gasteiger partial charge in [-0.3, -0.25) is 9.59 Å². The van der Waals surface area contributed by atoms with Crippen LogP contribution in [-0.4, -0.2) is 97.7 Å². The Kier molecular flexibility index (Phi) is 11.2. The van der Waals surface area contributed by atoms with E-state index in [2.05, 4.69) is 26.7 Å². The number of benzene rings is 2. The number of ether oxygens (including phenoxy) is 3. The molecule has 8 rings (SSSR count). The van der Waals surface area contributed by atoms with Crippen molar-refractivity contribution >= 4 is 34.9 Å². The number of nitriles is 1. The van der Waals surface area contributed by atoms with Crippen molar-refractivity contribution < 1.29 is 33.4 Å². The number of rotatable bonds is 10. The normalized spacial score (nSPS) is 18.0. The van der Waals surface area contributed by atoms with Gasteiger partial charge in [0.1, 0.15) is 35.6 Å². The van der Waals surface area contributed by atoms with E-state index < -0.39 is 24.3 Å². The molecule has 4 atom stereocenters. The molecule has 6 heterocycles. The number of nitrogens with one attached hydrogen (secondary N) is 4. The van der Waals surface area contributed by atoms with E-state index in [0.717, 1.165) is 70.4 Å². The SMILES string of the molecule is COC(=O)N[C@H](C(=O)N1CCC[C@H]1c1ncc(-c2ccc3c(c2)OCn2c-3c(C#N)c3cc(-c4cnc([C@@H]5CCCN5C(=O)[C@@H](NC(=O)OC)C(C)C)[nH]4)ccc32)[nH]1)C(C)C. The second kappa shape index (κ2) is 16.7. The van der Waals surface area contributed by atoms with E-state index in [-0.39, 0.29) is 42.5 Å². The van der Waals surface area contributed by atoms with Crippen molar-refractivity contribution in [1.82, 2.24) is 44.9 Å². The Labute approximate surface area is 352 Å². The van der Waals surface area contributed by atoms with Crippen molar-refractivity contribution in [1.29, 1.82) is 5.26 Å². The van der Waals surface area contributed by atoms with Crippen LogP contribution in [0.2, 0.25) is 0 Å². The van der Waals surface area contributed by atoms with Crippen LogP contribution >= 0.6 is 0 Å². The summed E-state index contributed by atoms with van der Waals surface area (Å²) in [6.07, 6.45) is 5.27. The molecule has 17 heteroatoms. The predicted octanol–water partition coefficient (Wildman–Crippen LogP) is 6.40. The van der Waals surface area contributed by atoms with E-state index in [9.17, 15) is 24.4 Å². The first-order valence-corrected chi connectivity index (χ1v) is 20.7. The van der Waals surface area contributed by atoms with Gasteiger partial charge in [-0.1, -0.05) is 39.8 Å². The number of nitrogens with zero attached hydrogens (tertiary/aromatic N) is 6. The number of methoxy groups -OCH3 is 2. The second-order valence-electron chi connectivity index (χ2n) is 16.4. The summed E-state index contributed by atoms with van der Waals surface area (Å²) in [5.74, 6) is 1.30. The van der Waals surface area contributed by atoms with Crippen molar-refractivity contribution in [2.24, 2.45) is 11.8 Å². The molecule has 4 amide bonds. The Morgan fingerprint density at radius 1 is 0.803 bits per heavy atom. The maximum Gasteiger partial charge on any atom is 0.407 e. The lowest BCUT2D eigenvalue weighted by molar-refractivity contribution is -0.136. The third-order valence-electron chi connectivity index (χ3n) is 12.1. The summed E-state index contributed by atoms with van der Waals surface area (Å²) >= 11 is 0. The number of likely N-dealkylation sites (tertiary alicyclic amines) is 2.